The Hall–Kier alpha value is -1.27. The first kappa shape index (κ1) is 19.8. The maximum Gasteiger partial charge on any atom is 1.00 e. The van der Waals surface area contributed by atoms with Crippen LogP contribution in [0.5, 0.6) is 5.75 Å². The Morgan fingerprint density at radius 3 is 2.17 bits per heavy atom. The maximum absolute atomic E-state index is 10.8. The summed E-state index contributed by atoms with van der Waals surface area (Å²) < 4.78 is 9.99. The van der Waals surface area contributed by atoms with Gasteiger partial charge < -0.3 is 34.7 Å². The fourth-order valence-electron chi connectivity index (χ4n) is 1.92. The van der Waals surface area contributed by atoms with E-state index >= 15 is 0 Å². The number of rotatable bonds is 4. The Labute approximate surface area is 151 Å². The van der Waals surface area contributed by atoms with E-state index in [1.165, 1.54) is 12.1 Å². The van der Waals surface area contributed by atoms with Gasteiger partial charge in [-0.05, 0) is 12.1 Å². The molecule has 3 N–H and O–H groups in total. The van der Waals surface area contributed by atoms with Gasteiger partial charge in [0.15, 0.2) is 0 Å². The molecule has 1 fully saturated rings. The van der Waals surface area contributed by atoms with Crippen molar-refractivity contribution in [2.45, 2.75) is 30.7 Å². The van der Waals surface area contributed by atoms with E-state index in [4.69, 9.17) is 9.47 Å². The molecule has 1 aliphatic rings. The van der Waals surface area contributed by atoms with Gasteiger partial charge in [0.1, 0.15) is 30.2 Å². The molecule has 0 unspecified atom stereocenters. The summed E-state index contributed by atoms with van der Waals surface area (Å²) >= 11 is 0. The summed E-state index contributed by atoms with van der Waals surface area (Å²) in [6.45, 7) is 0. The first-order valence-electron chi connectivity index (χ1n) is 6.13. The number of benzene rings is 1. The predicted octanol–water partition coefficient (Wildman–Crippen LogP) is -5.46. The standard InChI is InChI=1S/C12H13NO9.Na/c14-7-8(15)10(11(17)18)22-12(9(7)16)21-6-3-1-5(2-4-6)13(19)20;/h1-4,7-10,12,14-16H,(H,17,18);/q;+1/p-1/t7-,8-,9+,10-,12+;/m1./s1. The van der Waals surface area contributed by atoms with Crippen molar-refractivity contribution >= 4 is 11.7 Å². The number of aliphatic hydroxyl groups is 3. The monoisotopic (exact) mass is 337 g/mol. The number of ether oxygens (including phenoxy) is 2. The fourth-order valence-corrected chi connectivity index (χ4v) is 1.92. The molecule has 5 atom stereocenters. The minimum absolute atomic E-state index is 0. The molecular weight excluding hydrogens is 325 g/mol. The van der Waals surface area contributed by atoms with Crippen LogP contribution in [-0.2, 0) is 9.53 Å². The van der Waals surface area contributed by atoms with Gasteiger partial charge in [0, 0.05) is 12.1 Å². The number of nitrogens with zero attached hydrogens (tertiary/aromatic N) is 1. The number of carbonyl (C=O) groups excluding carboxylic acids is 1. The minimum atomic E-state index is -1.89. The van der Waals surface area contributed by atoms with Crippen molar-refractivity contribution in [2.24, 2.45) is 0 Å². The molecule has 0 aliphatic carbocycles. The van der Waals surface area contributed by atoms with Gasteiger partial charge in [-0.25, -0.2) is 0 Å². The predicted molar refractivity (Wildman–Crippen MR) is 65.4 cm³/mol. The van der Waals surface area contributed by atoms with Gasteiger partial charge >= 0.3 is 29.6 Å². The first-order chi connectivity index (χ1) is 10.3. The summed E-state index contributed by atoms with van der Waals surface area (Å²) in [5.74, 6) is -1.74. The van der Waals surface area contributed by atoms with Crippen molar-refractivity contribution in [3.05, 3.63) is 34.4 Å². The van der Waals surface area contributed by atoms with E-state index in [0.29, 0.717) is 0 Å². The zero-order valence-corrected chi connectivity index (χ0v) is 13.9. The first-order valence-corrected chi connectivity index (χ1v) is 6.13. The number of nitro benzene ring substituents is 1. The Morgan fingerprint density at radius 2 is 1.70 bits per heavy atom. The van der Waals surface area contributed by atoms with Crippen molar-refractivity contribution in [2.75, 3.05) is 0 Å². The zero-order chi connectivity index (χ0) is 16.4. The molecule has 11 heteroatoms. The van der Waals surface area contributed by atoms with E-state index in [9.17, 15) is 35.3 Å². The molecule has 1 aliphatic heterocycles. The van der Waals surface area contributed by atoms with Crippen LogP contribution in [0.15, 0.2) is 24.3 Å². The smallest absolute Gasteiger partial charge is 0.547 e. The molecular formula is C12H12NNaO9. The number of nitro groups is 1. The molecule has 23 heavy (non-hydrogen) atoms. The van der Waals surface area contributed by atoms with Crippen LogP contribution in [0.25, 0.3) is 0 Å². The van der Waals surface area contributed by atoms with Gasteiger partial charge in [0.05, 0.1) is 10.9 Å². The Morgan fingerprint density at radius 1 is 1.13 bits per heavy atom. The SMILES string of the molecule is O=C([O-])[C@@H]1O[C@H](Oc2ccc([N+](=O)[O-])cc2)[C@@H](O)[C@H](O)[C@H]1O.[Na+]. The molecule has 0 aromatic heterocycles. The second-order valence-electron chi connectivity index (χ2n) is 4.58. The van der Waals surface area contributed by atoms with Crippen LogP contribution < -0.4 is 39.4 Å². The van der Waals surface area contributed by atoms with E-state index in [1.54, 1.807) is 0 Å². The van der Waals surface area contributed by atoms with Crippen molar-refractivity contribution in [3.63, 3.8) is 0 Å². The summed E-state index contributed by atoms with van der Waals surface area (Å²) in [7, 11) is 0. The topological polar surface area (TPSA) is 162 Å². The number of aliphatic hydroxyl groups excluding tert-OH is 3. The number of carbonyl (C=O) groups is 1. The average molecular weight is 337 g/mol. The van der Waals surface area contributed by atoms with E-state index < -0.39 is 41.6 Å². The van der Waals surface area contributed by atoms with Crippen LogP contribution in [0.3, 0.4) is 0 Å². The third-order valence-corrected chi connectivity index (χ3v) is 3.10. The molecule has 0 saturated carbocycles. The summed E-state index contributed by atoms with van der Waals surface area (Å²) in [6, 6.07) is 4.68. The van der Waals surface area contributed by atoms with Gasteiger partial charge in [0.25, 0.3) is 5.69 Å². The number of hydrogen-bond acceptors (Lipinski definition) is 9. The second kappa shape index (κ2) is 8.02. The Balaban J connectivity index is 0.00000264. The molecule has 0 radical (unpaired) electrons. The second-order valence-corrected chi connectivity index (χ2v) is 4.58. The number of aliphatic carboxylic acids is 1. The van der Waals surface area contributed by atoms with E-state index in [2.05, 4.69) is 0 Å². The zero-order valence-electron chi connectivity index (χ0n) is 11.9. The van der Waals surface area contributed by atoms with Gasteiger partial charge in [-0.15, -0.1) is 0 Å². The molecule has 120 valence electrons. The average Bonchev–Trinajstić information content (AvgIpc) is 2.48. The summed E-state index contributed by atoms with van der Waals surface area (Å²) in [6.07, 6.45) is -8.90. The quantitative estimate of drug-likeness (QED) is 0.276. The Kier molecular flexibility index (Phi) is 6.89. The number of carboxylic acids is 1. The number of hydrogen-bond donors (Lipinski definition) is 3. The summed E-state index contributed by atoms with van der Waals surface area (Å²) in [4.78, 5) is 20.7. The van der Waals surface area contributed by atoms with Crippen LogP contribution >= 0.6 is 0 Å². The van der Waals surface area contributed by atoms with Gasteiger partial charge in [-0.1, -0.05) is 0 Å². The van der Waals surface area contributed by atoms with E-state index in [-0.39, 0.29) is 41.0 Å². The molecule has 0 spiro atoms. The molecule has 1 heterocycles. The third-order valence-electron chi connectivity index (χ3n) is 3.10. The third kappa shape index (κ3) is 4.38. The minimum Gasteiger partial charge on any atom is -0.547 e. The summed E-state index contributed by atoms with van der Waals surface area (Å²) in [5, 5.41) is 50.1. The largest absolute Gasteiger partial charge is 1.00 e. The van der Waals surface area contributed by atoms with E-state index in [0.717, 1.165) is 12.1 Å². The van der Waals surface area contributed by atoms with Crippen LogP contribution in [0.2, 0.25) is 0 Å². The molecule has 2 rings (SSSR count). The molecule has 1 saturated heterocycles. The van der Waals surface area contributed by atoms with Gasteiger partial charge in [-0.2, -0.15) is 0 Å². The van der Waals surface area contributed by atoms with Crippen LogP contribution in [0.4, 0.5) is 5.69 Å². The summed E-state index contributed by atoms with van der Waals surface area (Å²) in [5.41, 5.74) is -0.194. The van der Waals surface area contributed by atoms with Crippen LogP contribution in [0.1, 0.15) is 0 Å². The maximum atomic E-state index is 10.8. The number of non-ortho nitro benzene ring substituents is 1. The van der Waals surface area contributed by atoms with Crippen LogP contribution in [-0.4, -0.2) is 56.9 Å². The Bertz CT molecular complexity index is 566. The van der Waals surface area contributed by atoms with Crippen LogP contribution in [0, 0.1) is 10.1 Å². The van der Waals surface area contributed by atoms with Gasteiger partial charge in [0.2, 0.25) is 6.29 Å². The molecule has 0 amide bonds. The van der Waals surface area contributed by atoms with Gasteiger partial charge in [-0.3, -0.25) is 10.1 Å². The van der Waals surface area contributed by atoms with Crippen molar-refractivity contribution in [1.82, 2.24) is 0 Å². The molecule has 1 aromatic rings. The van der Waals surface area contributed by atoms with Crippen molar-refractivity contribution in [1.29, 1.82) is 0 Å². The molecule has 1 aromatic carbocycles. The van der Waals surface area contributed by atoms with E-state index in [1.807, 2.05) is 0 Å². The fraction of sp³-hybridized carbons (Fsp3) is 0.417. The number of carboxylic acid groups (broad SMARTS) is 1. The van der Waals surface area contributed by atoms with Crippen molar-refractivity contribution in [3.8, 4) is 5.75 Å². The molecule has 10 nitrogen and oxygen atoms in total. The molecule has 0 bridgehead atoms. The normalized spacial score (nSPS) is 30.1. The van der Waals surface area contributed by atoms with Crippen molar-refractivity contribution < 1.29 is 69.2 Å².